The van der Waals surface area contributed by atoms with E-state index >= 15 is 0 Å². The number of hydrogen-bond donors (Lipinski definition) is 1. The molecule has 1 aliphatic heterocycles. The predicted octanol–water partition coefficient (Wildman–Crippen LogP) is 5.53. The zero-order valence-electron chi connectivity index (χ0n) is 15.5. The minimum absolute atomic E-state index is 0.0177. The minimum atomic E-state index is 0.0177. The molecule has 1 N–H and O–H groups in total. The normalized spacial score (nSPS) is 21.5. The molecule has 2 nitrogen and oxygen atoms in total. The number of allylic oxidation sites excluding steroid dienone is 1. The van der Waals surface area contributed by atoms with E-state index in [1.165, 1.54) is 22.3 Å². The van der Waals surface area contributed by atoms with E-state index in [0.29, 0.717) is 11.7 Å². The topological polar surface area (TPSA) is 29.1 Å². The van der Waals surface area contributed by atoms with Crippen molar-refractivity contribution in [3.8, 4) is 0 Å². The zero-order chi connectivity index (χ0) is 17.9. The smallest absolute Gasteiger partial charge is 0.155 e. The first-order valence-corrected chi connectivity index (χ1v) is 9.92. The lowest BCUT2D eigenvalue weighted by molar-refractivity contribution is -0.121. The van der Waals surface area contributed by atoms with Gasteiger partial charge in [-0.05, 0) is 60.4 Å². The number of aryl methyl sites for hydroxylation is 2. The summed E-state index contributed by atoms with van der Waals surface area (Å²) in [4.78, 5) is 12.1. The Hall–Kier alpha value is -2.35. The van der Waals surface area contributed by atoms with Gasteiger partial charge in [0.1, 0.15) is 0 Å². The van der Waals surface area contributed by atoms with E-state index in [9.17, 15) is 4.79 Å². The van der Waals surface area contributed by atoms with Gasteiger partial charge in [0.05, 0.1) is 6.04 Å². The maximum absolute atomic E-state index is 12.1. The Morgan fingerprint density at radius 1 is 1.12 bits per heavy atom. The van der Waals surface area contributed by atoms with Gasteiger partial charge in [0.2, 0.25) is 0 Å². The van der Waals surface area contributed by atoms with Gasteiger partial charge < -0.3 is 5.32 Å². The molecule has 2 unspecified atom stereocenters. The van der Waals surface area contributed by atoms with Gasteiger partial charge in [-0.2, -0.15) is 0 Å². The summed E-state index contributed by atoms with van der Waals surface area (Å²) in [6.07, 6.45) is 10.6. The molecule has 1 saturated carbocycles. The molecule has 2 atom stereocenters. The van der Waals surface area contributed by atoms with Crippen molar-refractivity contribution in [2.24, 2.45) is 0 Å². The second-order valence-corrected chi connectivity index (χ2v) is 7.54. The summed E-state index contributed by atoms with van der Waals surface area (Å²) >= 11 is 0. The van der Waals surface area contributed by atoms with E-state index in [1.807, 2.05) is 0 Å². The summed E-state index contributed by atoms with van der Waals surface area (Å²) in [7, 11) is 0. The molecule has 0 radical (unpaired) electrons. The Morgan fingerprint density at radius 3 is 2.73 bits per heavy atom. The molecule has 1 aliphatic carbocycles. The van der Waals surface area contributed by atoms with Gasteiger partial charge in [-0.1, -0.05) is 55.5 Å². The molecule has 0 amide bonds. The van der Waals surface area contributed by atoms with Crippen LogP contribution < -0.4 is 5.32 Å². The molecule has 2 heteroatoms. The molecule has 0 saturated heterocycles. The van der Waals surface area contributed by atoms with Crippen LogP contribution in [0.3, 0.4) is 0 Å². The largest absolute Gasteiger partial charge is 0.375 e. The van der Waals surface area contributed by atoms with Crippen molar-refractivity contribution in [3.63, 3.8) is 0 Å². The number of nitrogens with one attached hydrogen (secondary N) is 1. The molecule has 1 fully saturated rings. The third kappa shape index (κ3) is 3.46. The van der Waals surface area contributed by atoms with Crippen LogP contribution in [0.4, 0.5) is 5.69 Å². The number of anilines is 1. The van der Waals surface area contributed by atoms with Crippen molar-refractivity contribution >= 4 is 17.5 Å². The quantitative estimate of drug-likeness (QED) is 0.772. The van der Waals surface area contributed by atoms with Crippen molar-refractivity contribution in [2.45, 2.75) is 57.4 Å². The first-order chi connectivity index (χ1) is 12.7. The molecule has 2 aliphatic rings. The van der Waals surface area contributed by atoms with E-state index in [0.717, 1.165) is 44.2 Å². The first kappa shape index (κ1) is 17.1. The number of benzene rings is 2. The van der Waals surface area contributed by atoms with E-state index in [-0.39, 0.29) is 6.04 Å². The van der Waals surface area contributed by atoms with Gasteiger partial charge in [0.25, 0.3) is 0 Å². The molecule has 2 aromatic carbocycles. The highest BCUT2D eigenvalue weighted by Crippen LogP contribution is 2.42. The molecule has 0 bridgehead atoms. The van der Waals surface area contributed by atoms with Gasteiger partial charge in [0, 0.05) is 18.0 Å². The third-order valence-corrected chi connectivity index (χ3v) is 5.82. The van der Waals surface area contributed by atoms with Crippen LogP contribution in [0.5, 0.6) is 0 Å². The molecule has 1 heterocycles. The molecule has 26 heavy (non-hydrogen) atoms. The molecule has 2 aromatic rings. The lowest BCUT2D eigenvalue weighted by Crippen LogP contribution is -2.33. The van der Waals surface area contributed by atoms with Gasteiger partial charge in [-0.3, -0.25) is 4.79 Å². The fourth-order valence-electron chi connectivity index (χ4n) is 4.26. The van der Waals surface area contributed by atoms with Crippen LogP contribution in [-0.4, -0.2) is 11.8 Å². The maximum atomic E-state index is 12.1. The SMILES string of the molecule is CCc1ccc(CCC=Cc2ccc3c(c2)NC2C(=O)CCCC32)cc1. The highest BCUT2D eigenvalue weighted by molar-refractivity contribution is 5.91. The first-order valence-electron chi connectivity index (χ1n) is 9.92. The number of ketones is 1. The Bertz CT molecular complexity index is 819. The summed E-state index contributed by atoms with van der Waals surface area (Å²) in [5.74, 6) is 0.763. The Morgan fingerprint density at radius 2 is 1.92 bits per heavy atom. The Kier molecular flexibility index (Phi) is 4.92. The summed E-state index contributed by atoms with van der Waals surface area (Å²) in [6, 6.07) is 15.6. The molecule has 134 valence electrons. The predicted molar refractivity (Wildman–Crippen MR) is 109 cm³/mol. The maximum Gasteiger partial charge on any atom is 0.155 e. The number of Topliss-reactive ketones (excluding diaryl/α,β-unsaturated/α-hetero) is 1. The number of carbonyl (C=O) groups is 1. The van der Waals surface area contributed by atoms with Gasteiger partial charge in [-0.15, -0.1) is 0 Å². The van der Waals surface area contributed by atoms with Gasteiger partial charge in [-0.25, -0.2) is 0 Å². The second kappa shape index (κ2) is 7.49. The lowest BCUT2D eigenvalue weighted by atomic mass is 9.82. The van der Waals surface area contributed by atoms with Gasteiger partial charge in [0.15, 0.2) is 5.78 Å². The number of rotatable bonds is 5. The summed E-state index contributed by atoms with van der Waals surface area (Å²) in [5, 5.41) is 3.47. The van der Waals surface area contributed by atoms with Crippen molar-refractivity contribution in [1.82, 2.24) is 0 Å². The number of carbonyl (C=O) groups excluding carboxylic acids is 1. The van der Waals surface area contributed by atoms with E-state index in [1.54, 1.807) is 0 Å². The average Bonchev–Trinajstić information content (AvgIpc) is 3.05. The number of hydrogen-bond acceptors (Lipinski definition) is 2. The van der Waals surface area contributed by atoms with Crippen molar-refractivity contribution in [1.29, 1.82) is 0 Å². The Balaban J connectivity index is 1.38. The molecular formula is C24H27NO. The summed E-state index contributed by atoms with van der Waals surface area (Å²) in [6.45, 7) is 2.19. The minimum Gasteiger partial charge on any atom is -0.375 e. The monoisotopic (exact) mass is 345 g/mol. The standard InChI is InChI=1S/C24H27NO/c1-2-17-10-12-18(13-11-17)6-3-4-7-19-14-15-20-21-8-5-9-23(26)24(21)25-22(20)16-19/h4,7,10-16,21,24-25H,2-3,5-6,8-9H2,1H3. The third-order valence-electron chi connectivity index (χ3n) is 5.82. The van der Waals surface area contributed by atoms with Crippen molar-refractivity contribution < 1.29 is 4.79 Å². The second-order valence-electron chi connectivity index (χ2n) is 7.54. The van der Waals surface area contributed by atoms with Crippen LogP contribution in [-0.2, 0) is 17.6 Å². The van der Waals surface area contributed by atoms with Crippen LogP contribution >= 0.6 is 0 Å². The molecule has 0 aromatic heterocycles. The van der Waals surface area contributed by atoms with Crippen LogP contribution in [0.2, 0.25) is 0 Å². The zero-order valence-corrected chi connectivity index (χ0v) is 15.5. The fraction of sp³-hybridized carbons (Fsp3) is 0.375. The summed E-state index contributed by atoms with van der Waals surface area (Å²) < 4.78 is 0. The fourth-order valence-corrected chi connectivity index (χ4v) is 4.26. The van der Waals surface area contributed by atoms with Crippen LogP contribution in [0, 0.1) is 0 Å². The van der Waals surface area contributed by atoms with E-state index < -0.39 is 0 Å². The highest BCUT2D eigenvalue weighted by atomic mass is 16.1. The Labute approximate surface area is 156 Å². The molecule has 0 spiro atoms. The number of fused-ring (bicyclic) bond motifs is 3. The van der Waals surface area contributed by atoms with Gasteiger partial charge >= 0.3 is 0 Å². The summed E-state index contributed by atoms with van der Waals surface area (Å²) in [5.41, 5.74) is 6.49. The van der Waals surface area contributed by atoms with E-state index in [4.69, 9.17) is 0 Å². The van der Waals surface area contributed by atoms with Crippen LogP contribution in [0.15, 0.2) is 48.5 Å². The molecule has 4 rings (SSSR count). The van der Waals surface area contributed by atoms with Crippen molar-refractivity contribution in [2.75, 3.05) is 5.32 Å². The van der Waals surface area contributed by atoms with Crippen molar-refractivity contribution in [3.05, 3.63) is 70.8 Å². The van der Waals surface area contributed by atoms with Crippen LogP contribution in [0.1, 0.15) is 60.8 Å². The van der Waals surface area contributed by atoms with Crippen LogP contribution in [0.25, 0.3) is 6.08 Å². The lowest BCUT2D eigenvalue weighted by Gasteiger charge is -2.23. The highest BCUT2D eigenvalue weighted by Gasteiger charge is 2.38. The molecular weight excluding hydrogens is 318 g/mol. The average molecular weight is 345 g/mol. The van der Waals surface area contributed by atoms with E-state index in [2.05, 4.69) is 66.9 Å².